The van der Waals surface area contributed by atoms with Gasteiger partial charge in [-0.2, -0.15) is 0 Å². The minimum Gasteiger partial charge on any atom is -0.312 e. The van der Waals surface area contributed by atoms with Crippen molar-refractivity contribution in [1.29, 1.82) is 0 Å². The summed E-state index contributed by atoms with van der Waals surface area (Å²) in [6.45, 7) is 13.3. The molecule has 1 aromatic rings. The van der Waals surface area contributed by atoms with Gasteiger partial charge in [0.05, 0.1) is 0 Å². The molecule has 22 heavy (non-hydrogen) atoms. The average molecular weight is 305 g/mol. The summed E-state index contributed by atoms with van der Waals surface area (Å²) in [5.74, 6) is 0. The number of nitrogens with one attached hydrogen (secondary N) is 1. The van der Waals surface area contributed by atoms with Crippen molar-refractivity contribution >= 4 is 0 Å². The largest absolute Gasteiger partial charge is 0.312 e. The minimum absolute atomic E-state index is 0.210. The lowest BCUT2D eigenvalue weighted by molar-refractivity contribution is 0.261. The Balaban J connectivity index is 2.34. The van der Waals surface area contributed by atoms with E-state index in [1.807, 2.05) is 4.57 Å². The molecule has 0 fully saturated rings. The molecule has 0 amide bonds. The monoisotopic (exact) mass is 305 g/mol. The van der Waals surface area contributed by atoms with E-state index >= 15 is 0 Å². The minimum atomic E-state index is 0.210. The molecule has 1 aromatic heterocycles. The summed E-state index contributed by atoms with van der Waals surface area (Å²) >= 11 is 0. The van der Waals surface area contributed by atoms with E-state index in [9.17, 15) is 4.79 Å². The van der Waals surface area contributed by atoms with E-state index in [-0.39, 0.29) is 5.56 Å². The predicted molar refractivity (Wildman–Crippen MR) is 92.2 cm³/mol. The highest BCUT2D eigenvalue weighted by atomic mass is 16.1. The first kappa shape index (κ1) is 17.2. The molecule has 2 heterocycles. The van der Waals surface area contributed by atoms with Gasteiger partial charge in [0, 0.05) is 49.9 Å². The molecule has 1 atom stereocenters. The predicted octanol–water partition coefficient (Wildman–Crippen LogP) is 2.52. The van der Waals surface area contributed by atoms with Gasteiger partial charge in [0.1, 0.15) is 0 Å². The van der Waals surface area contributed by atoms with Crippen molar-refractivity contribution < 1.29 is 0 Å². The van der Waals surface area contributed by atoms with E-state index in [0.717, 1.165) is 51.0 Å². The van der Waals surface area contributed by atoms with Crippen LogP contribution in [0.1, 0.15) is 57.4 Å². The first-order valence-corrected chi connectivity index (χ1v) is 8.80. The van der Waals surface area contributed by atoms with Crippen LogP contribution in [0.3, 0.4) is 0 Å². The van der Waals surface area contributed by atoms with E-state index in [4.69, 9.17) is 0 Å². The maximum atomic E-state index is 12.8. The van der Waals surface area contributed by atoms with Gasteiger partial charge in [-0.05, 0) is 37.9 Å². The van der Waals surface area contributed by atoms with Crippen LogP contribution in [0.4, 0.5) is 0 Å². The van der Waals surface area contributed by atoms with Crippen molar-refractivity contribution in [3.8, 4) is 0 Å². The lowest BCUT2D eigenvalue weighted by Gasteiger charge is -2.30. The number of likely N-dealkylation sites (N-methyl/N-ethyl adjacent to an activating group) is 1. The quantitative estimate of drug-likeness (QED) is 0.841. The Kier molecular flexibility index (Phi) is 6.21. The van der Waals surface area contributed by atoms with Crippen molar-refractivity contribution in [3.63, 3.8) is 0 Å². The van der Waals surface area contributed by atoms with Gasteiger partial charge in [-0.3, -0.25) is 9.69 Å². The molecule has 1 unspecified atom stereocenters. The third-order valence-corrected chi connectivity index (χ3v) is 4.77. The number of hydrogen-bond acceptors (Lipinski definition) is 3. The van der Waals surface area contributed by atoms with Gasteiger partial charge < -0.3 is 9.88 Å². The summed E-state index contributed by atoms with van der Waals surface area (Å²) in [6, 6.07) is 2.60. The summed E-state index contributed by atoms with van der Waals surface area (Å²) in [4.78, 5) is 15.2. The second-order valence-corrected chi connectivity index (χ2v) is 6.41. The van der Waals surface area contributed by atoms with Crippen LogP contribution < -0.4 is 10.9 Å². The first-order valence-electron chi connectivity index (χ1n) is 8.80. The maximum absolute atomic E-state index is 12.8. The zero-order chi connectivity index (χ0) is 16.1. The standard InChI is InChI=1S/C18H31N3O/c1-5-9-21-17-8-10-20(7-3)13-16(17)11-15(18(21)22)12-19-14(4)6-2/h11,14,19H,5-10,12-13H2,1-4H3. The Labute approximate surface area is 134 Å². The highest BCUT2D eigenvalue weighted by Gasteiger charge is 2.20. The third kappa shape index (κ3) is 3.79. The number of rotatable bonds is 7. The van der Waals surface area contributed by atoms with Gasteiger partial charge in [-0.1, -0.05) is 20.8 Å². The Hall–Kier alpha value is -1.13. The normalized spacial score (nSPS) is 16.5. The third-order valence-electron chi connectivity index (χ3n) is 4.77. The molecule has 0 saturated carbocycles. The van der Waals surface area contributed by atoms with Crippen LogP contribution in [0.25, 0.3) is 0 Å². The molecule has 4 nitrogen and oxygen atoms in total. The van der Waals surface area contributed by atoms with Crippen molar-refractivity contribution in [3.05, 3.63) is 33.2 Å². The fraction of sp³-hybridized carbons (Fsp3) is 0.722. The molecule has 0 aliphatic carbocycles. The Bertz CT molecular complexity index is 550. The molecular formula is C18H31N3O. The van der Waals surface area contributed by atoms with Crippen LogP contribution in [-0.2, 0) is 26.1 Å². The van der Waals surface area contributed by atoms with Crippen LogP contribution in [0, 0.1) is 0 Å². The highest BCUT2D eigenvalue weighted by Crippen LogP contribution is 2.19. The average Bonchev–Trinajstić information content (AvgIpc) is 2.55. The van der Waals surface area contributed by atoms with Crippen LogP contribution >= 0.6 is 0 Å². The maximum Gasteiger partial charge on any atom is 0.255 e. The Morgan fingerprint density at radius 3 is 2.73 bits per heavy atom. The summed E-state index contributed by atoms with van der Waals surface area (Å²) in [5, 5.41) is 3.46. The lowest BCUT2D eigenvalue weighted by atomic mass is 10.0. The summed E-state index contributed by atoms with van der Waals surface area (Å²) < 4.78 is 2.04. The van der Waals surface area contributed by atoms with Crippen molar-refractivity contribution in [2.75, 3.05) is 13.1 Å². The van der Waals surface area contributed by atoms with Crippen LogP contribution in [0.5, 0.6) is 0 Å². The molecule has 0 radical (unpaired) electrons. The van der Waals surface area contributed by atoms with Gasteiger partial charge in [-0.25, -0.2) is 0 Å². The molecule has 124 valence electrons. The first-order chi connectivity index (χ1) is 10.6. The number of nitrogens with zero attached hydrogens (tertiary/aromatic N) is 2. The molecule has 1 aliphatic rings. The second kappa shape index (κ2) is 7.93. The topological polar surface area (TPSA) is 37.3 Å². The van der Waals surface area contributed by atoms with Gasteiger partial charge in [0.25, 0.3) is 5.56 Å². The zero-order valence-electron chi connectivity index (χ0n) is 14.6. The summed E-state index contributed by atoms with van der Waals surface area (Å²) in [5.41, 5.74) is 3.75. The van der Waals surface area contributed by atoms with Crippen molar-refractivity contribution in [2.24, 2.45) is 0 Å². The summed E-state index contributed by atoms with van der Waals surface area (Å²) in [7, 11) is 0. The van der Waals surface area contributed by atoms with Crippen LogP contribution in [-0.4, -0.2) is 28.6 Å². The number of pyridine rings is 1. The van der Waals surface area contributed by atoms with Gasteiger partial charge in [0.2, 0.25) is 0 Å². The molecule has 1 aliphatic heterocycles. The van der Waals surface area contributed by atoms with Gasteiger partial charge in [0.15, 0.2) is 0 Å². The molecule has 1 N–H and O–H groups in total. The van der Waals surface area contributed by atoms with Crippen molar-refractivity contribution in [2.45, 2.75) is 72.6 Å². The molecule has 0 aromatic carbocycles. The highest BCUT2D eigenvalue weighted by molar-refractivity contribution is 5.29. The fourth-order valence-electron chi connectivity index (χ4n) is 3.13. The lowest BCUT2D eigenvalue weighted by Crippen LogP contribution is -2.38. The van der Waals surface area contributed by atoms with E-state index in [2.05, 4.69) is 44.0 Å². The zero-order valence-corrected chi connectivity index (χ0v) is 14.6. The molecule has 2 rings (SSSR count). The SMILES string of the molecule is CCCn1c2c(cc(CNC(C)CC)c1=O)CN(CC)CC2. The molecule has 4 heteroatoms. The Morgan fingerprint density at radius 1 is 1.32 bits per heavy atom. The fourth-order valence-corrected chi connectivity index (χ4v) is 3.13. The van der Waals surface area contributed by atoms with Crippen LogP contribution in [0.2, 0.25) is 0 Å². The molecular weight excluding hydrogens is 274 g/mol. The molecule has 0 bridgehead atoms. The number of aromatic nitrogens is 1. The second-order valence-electron chi connectivity index (χ2n) is 6.41. The van der Waals surface area contributed by atoms with E-state index < -0.39 is 0 Å². The van der Waals surface area contributed by atoms with Gasteiger partial charge in [-0.15, -0.1) is 0 Å². The van der Waals surface area contributed by atoms with E-state index in [1.165, 1.54) is 11.3 Å². The number of hydrogen-bond donors (Lipinski definition) is 1. The van der Waals surface area contributed by atoms with Gasteiger partial charge >= 0.3 is 0 Å². The summed E-state index contributed by atoms with van der Waals surface area (Å²) in [6.07, 6.45) is 3.08. The van der Waals surface area contributed by atoms with E-state index in [1.54, 1.807) is 0 Å². The van der Waals surface area contributed by atoms with Crippen LogP contribution in [0.15, 0.2) is 10.9 Å². The van der Waals surface area contributed by atoms with E-state index in [0.29, 0.717) is 12.6 Å². The van der Waals surface area contributed by atoms with Crippen molar-refractivity contribution in [1.82, 2.24) is 14.8 Å². The number of fused-ring (bicyclic) bond motifs is 1. The Morgan fingerprint density at radius 2 is 2.09 bits per heavy atom. The molecule has 0 saturated heterocycles. The smallest absolute Gasteiger partial charge is 0.255 e. The molecule has 0 spiro atoms.